The third-order valence-corrected chi connectivity index (χ3v) is 9.37. The summed E-state index contributed by atoms with van der Waals surface area (Å²) in [6, 6.07) is 4.92. The summed E-state index contributed by atoms with van der Waals surface area (Å²) in [4.78, 5) is 18.3. The van der Waals surface area contributed by atoms with Crippen molar-refractivity contribution < 1.29 is 19.0 Å². The van der Waals surface area contributed by atoms with E-state index in [-0.39, 0.29) is 18.3 Å². The summed E-state index contributed by atoms with van der Waals surface area (Å²) >= 11 is 2.10. The molecule has 2 aliphatic rings. The van der Waals surface area contributed by atoms with E-state index in [2.05, 4.69) is 21.6 Å². The van der Waals surface area contributed by atoms with Crippen molar-refractivity contribution in [1.29, 1.82) is 0 Å². The summed E-state index contributed by atoms with van der Waals surface area (Å²) in [5.74, 6) is 0.987. The highest BCUT2D eigenvalue weighted by Gasteiger charge is 2.31. The highest BCUT2D eigenvalue weighted by Crippen LogP contribution is 2.35. The molecule has 8 heteroatoms. The Kier molecular flexibility index (Phi) is 9.85. The van der Waals surface area contributed by atoms with E-state index in [1.165, 1.54) is 38.3 Å². The molecule has 1 aromatic heterocycles. The second kappa shape index (κ2) is 13.1. The molecule has 2 fully saturated rings. The lowest BCUT2D eigenvalue weighted by Crippen LogP contribution is -2.42. The van der Waals surface area contributed by atoms with Gasteiger partial charge in [0, 0.05) is 47.5 Å². The maximum atomic E-state index is 14.9. The third kappa shape index (κ3) is 7.11. The molecule has 1 aromatic carbocycles. The van der Waals surface area contributed by atoms with Gasteiger partial charge in [0.15, 0.2) is 0 Å². The Balaban J connectivity index is 1.35. The highest BCUT2D eigenvalue weighted by molar-refractivity contribution is 7.99. The van der Waals surface area contributed by atoms with Crippen LogP contribution in [0, 0.1) is 17.7 Å². The third-order valence-electron chi connectivity index (χ3n) is 8.01. The summed E-state index contributed by atoms with van der Waals surface area (Å²) in [6.07, 6.45) is 10.6. The number of fused-ring (bicyclic) bond motifs is 1. The van der Waals surface area contributed by atoms with Crippen LogP contribution in [0.2, 0.25) is 0 Å². The van der Waals surface area contributed by atoms with Gasteiger partial charge in [0.2, 0.25) is 0 Å². The first kappa shape index (κ1) is 27.1. The number of methoxy groups -OCH3 is 1. The van der Waals surface area contributed by atoms with Crippen LogP contribution < -0.4 is 10.5 Å². The summed E-state index contributed by atoms with van der Waals surface area (Å²) in [6.45, 7) is 2.84. The molecule has 3 atom stereocenters. The van der Waals surface area contributed by atoms with Crippen molar-refractivity contribution in [2.24, 2.45) is 17.6 Å². The van der Waals surface area contributed by atoms with Crippen LogP contribution in [0.5, 0.6) is 5.75 Å². The average Bonchev–Trinajstić information content (AvgIpc) is 2.88. The number of benzene rings is 1. The van der Waals surface area contributed by atoms with Crippen LogP contribution in [-0.2, 0) is 4.79 Å². The van der Waals surface area contributed by atoms with Crippen LogP contribution in [0.1, 0.15) is 69.4 Å². The predicted octanol–water partition coefficient (Wildman–Crippen LogP) is 5.64. The fourth-order valence-electron chi connectivity index (χ4n) is 5.98. The van der Waals surface area contributed by atoms with E-state index < -0.39 is 17.8 Å². The quantitative estimate of drug-likeness (QED) is 0.399. The van der Waals surface area contributed by atoms with Crippen molar-refractivity contribution >= 4 is 28.6 Å². The molecule has 0 spiro atoms. The molecule has 36 heavy (non-hydrogen) atoms. The van der Waals surface area contributed by atoms with Crippen molar-refractivity contribution in [3.63, 3.8) is 0 Å². The van der Waals surface area contributed by atoms with Gasteiger partial charge in [-0.2, -0.15) is 11.8 Å². The Morgan fingerprint density at radius 1 is 1.28 bits per heavy atom. The normalized spacial score (nSPS) is 22.5. The van der Waals surface area contributed by atoms with Gasteiger partial charge in [0.05, 0.1) is 18.8 Å². The number of nitrogens with zero attached hydrogens (tertiary/aromatic N) is 2. The number of thioether (sulfide) groups is 1. The smallest absolute Gasteiger partial charge is 0.303 e. The number of aliphatic carboxylic acids is 1. The number of halogens is 1. The van der Waals surface area contributed by atoms with Crippen molar-refractivity contribution in [3.05, 3.63) is 35.8 Å². The Hall–Kier alpha value is -1.90. The van der Waals surface area contributed by atoms with Crippen LogP contribution >= 0.6 is 11.8 Å². The molecule has 1 saturated carbocycles. The first-order valence-electron chi connectivity index (χ1n) is 13.4. The largest absolute Gasteiger partial charge is 0.497 e. The molecular formula is C28H40FN3O3S. The molecule has 1 aliphatic carbocycles. The summed E-state index contributed by atoms with van der Waals surface area (Å²) in [5, 5.41) is 11.0. The number of hydrogen-bond acceptors (Lipinski definition) is 6. The number of likely N-dealkylation sites (tertiary alicyclic amines) is 1. The SMILES string of the molecule is COc1ccc2ncc(F)c([C@@H](N)CC[C@@H]3CCN(CCSC4CCCCC4)C[C@@H]3CC(=O)O)c2c1. The lowest BCUT2D eigenvalue weighted by Gasteiger charge is -2.38. The number of carbonyl (C=O) groups is 1. The molecule has 0 amide bonds. The number of carboxylic acids is 1. The van der Waals surface area contributed by atoms with Gasteiger partial charge in [-0.05, 0) is 68.7 Å². The Labute approximate surface area is 218 Å². The predicted molar refractivity (Wildman–Crippen MR) is 144 cm³/mol. The second-order valence-corrected chi connectivity index (χ2v) is 11.8. The van der Waals surface area contributed by atoms with Crippen molar-refractivity contribution in [2.45, 2.75) is 69.1 Å². The van der Waals surface area contributed by atoms with Gasteiger partial charge < -0.3 is 20.5 Å². The molecule has 6 nitrogen and oxygen atoms in total. The van der Waals surface area contributed by atoms with Gasteiger partial charge in [-0.1, -0.05) is 19.3 Å². The minimum atomic E-state index is -0.744. The molecule has 4 rings (SSSR count). The number of nitrogens with two attached hydrogens (primary N) is 1. The number of carboxylic acid groups (broad SMARTS) is 1. The molecule has 1 aliphatic heterocycles. The molecule has 198 valence electrons. The van der Waals surface area contributed by atoms with Crippen LogP contribution in [-0.4, -0.2) is 58.7 Å². The number of pyridine rings is 1. The zero-order valence-corrected chi connectivity index (χ0v) is 22.1. The lowest BCUT2D eigenvalue weighted by molar-refractivity contribution is -0.139. The number of ether oxygens (including phenoxy) is 1. The molecule has 0 radical (unpaired) electrons. The molecule has 2 heterocycles. The summed E-state index contributed by atoms with van der Waals surface area (Å²) in [5.41, 5.74) is 7.69. The van der Waals surface area contributed by atoms with Gasteiger partial charge in [-0.3, -0.25) is 9.78 Å². The Morgan fingerprint density at radius 2 is 2.08 bits per heavy atom. The molecule has 1 saturated heterocycles. The Morgan fingerprint density at radius 3 is 2.83 bits per heavy atom. The summed E-state index contributed by atoms with van der Waals surface area (Å²) in [7, 11) is 1.58. The Bertz CT molecular complexity index is 1020. The van der Waals surface area contributed by atoms with E-state index in [1.807, 2.05) is 6.07 Å². The maximum Gasteiger partial charge on any atom is 0.303 e. The average molecular weight is 518 g/mol. The number of aromatic nitrogens is 1. The molecule has 2 aromatic rings. The fourth-order valence-corrected chi connectivity index (χ4v) is 7.35. The monoisotopic (exact) mass is 517 g/mol. The number of rotatable bonds is 11. The van der Waals surface area contributed by atoms with Crippen molar-refractivity contribution in [1.82, 2.24) is 9.88 Å². The van der Waals surface area contributed by atoms with E-state index in [4.69, 9.17) is 10.5 Å². The number of hydrogen-bond donors (Lipinski definition) is 2. The van der Waals surface area contributed by atoms with Gasteiger partial charge >= 0.3 is 5.97 Å². The fraction of sp³-hybridized carbons (Fsp3) is 0.643. The van der Waals surface area contributed by atoms with Crippen LogP contribution in [0.3, 0.4) is 0 Å². The minimum absolute atomic E-state index is 0.0993. The zero-order chi connectivity index (χ0) is 25.5. The van der Waals surface area contributed by atoms with Gasteiger partial charge in [0.1, 0.15) is 11.6 Å². The van der Waals surface area contributed by atoms with Crippen molar-refractivity contribution in [3.8, 4) is 5.75 Å². The van der Waals surface area contributed by atoms with E-state index in [0.29, 0.717) is 28.6 Å². The van der Waals surface area contributed by atoms with Crippen LogP contribution in [0.25, 0.3) is 10.9 Å². The topological polar surface area (TPSA) is 88.7 Å². The molecular weight excluding hydrogens is 477 g/mol. The van der Waals surface area contributed by atoms with Crippen molar-refractivity contribution in [2.75, 3.05) is 32.5 Å². The van der Waals surface area contributed by atoms with Crippen LogP contribution in [0.4, 0.5) is 4.39 Å². The van der Waals surface area contributed by atoms with E-state index >= 15 is 0 Å². The number of piperidine rings is 1. The van der Waals surface area contributed by atoms with Gasteiger partial charge in [0.25, 0.3) is 0 Å². The van der Waals surface area contributed by atoms with E-state index in [9.17, 15) is 14.3 Å². The van der Waals surface area contributed by atoms with E-state index in [1.54, 1.807) is 19.2 Å². The highest BCUT2D eigenvalue weighted by atomic mass is 32.2. The standard InChI is InChI=1S/C28H40FN3O3S/c1-35-21-8-10-26-23(16-21)28(24(29)17-31-26)25(30)9-7-19-11-12-32(18-20(19)15-27(33)34)13-14-36-22-5-3-2-4-6-22/h8,10,16-17,19-20,22,25H,2-7,9,11-15,18,30H2,1H3,(H,33,34)/t19-,20+,25+/m1/s1. The first-order chi connectivity index (χ1) is 17.4. The molecule has 3 N–H and O–H groups in total. The maximum absolute atomic E-state index is 14.9. The van der Waals surface area contributed by atoms with Gasteiger partial charge in [-0.15, -0.1) is 0 Å². The zero-order valence-electron chi connectivity index (χ0n) is 21.3. The second-order valence-electron chi connectivity index (χ2n) is 10.4. The molecule has 0 unspecified atom stereocenters. The first-order valence-corrected chi connectivity index (χ1v) is 14.4. The van der Waals surface area contributed by atoms with Gasteiger partial charge in [-0.25, -0.2) is 4.39 Å². The minimum Gasteiger partial charge on any atom is -0.497 e. The lowest BCUT2D eigenvalue weighted by atomic mass is 9.79. The molecule has 0 bridgehead atoms. The van der Waals surface area contributed by atoms with Crippen LogP contribution in [0.15, 0.2) is 24.4 Å². The van der Waals surface area contributed by atoms with E-state index in [0.717, 1.165) is 43.5 Å². The summed E-state index contributed by atoms with van der Waals surface area (Å²) < 4.78 is 20.2.